The minimum atomic E-state index is -0.200. The van der Waals surface area contributed by atoms with Crippen LogP contribution in [0.25, 0.3) is 0 Å². The largest absolute Gasteiger partial charge is 0.445 e. The van der Waals surface area contributed by atoms with Gasteiger partial charge in [-0.1, -0.05) is 73.5 Å². The van der Waals surface area contributed by atoms with E-state index in [1.165, 1.54) is 18.4 Å². The number of ether oxygens (including phenoxy) is 1. The zero-order chi connectivity index (χ0) is 24.0. The molecule has 1 aliphatic carbocycles. The van der Waals surface area contributed by atoms with Crippen LogP contribution in [0.3, 0.4) is 0 Å². The van der Waals surface area contributed by atoms with Crippen molar-refractivity contribution < 1.29 is 14.3 Å². The molecule has 0 aromatic heterocycles. The molecule has 186 valence electrons. The maximum atomic E-state index is 12.9. The van der Waals surface area contributed by atoms with Crippen molar-refractivity contribution in [3.8, 4) is 0 Å². The van der Waals surface area contributed by atoms with Crippen molar-refractivity contribution in [2.45, 2.75) is 44.8 Å². The Morgan fingerprint density at radius 3 is 2.17 bits per heavy atom. The van der Waals surface area contributed by atoms with Gasteiger partial charge in [0, 0.05) is 38.6 Å². The van der Waals surface area contributed by atoms with Crippen molar-refractivity contribution >= 4 is 12.0 Å². The maximum Gasteiger partial charge on any atom is 0.410 e. The summed E-state index contributed by atoms with van der Waals surface area (Å²) in [5.41, 5.74) is 2.20. The van der Waals surface area contributed by atoms with Gasteiger partial charge < -0.3 is 19.9 Å². The van der Waals surface area contributed by atoms with Gasteiger partial charge in [0.05, 0.1) is 6.04 Å². The van der Waals surface area contributed by atoms with Gasteiger partial charge in [-0.3, -0.25) is 4.79 Å². The van der Waals surface area contributed by atoms with Crippen LogP contribution in [0, 0.1) is 17.8 Å². The zero-order valence-electron chi connectivity index (χ0n) is 20.5. The summed E-state index contributed by atoms with van der Waals surface area (Å²) in [5, 5.41) is 3.36. The van der Waals surface area contributed by atoms with Crippen molar-refractivity contribution in [1.29, 1.82) is 0 Å². The molecule has 3 atom stereocenters. The molecule has 0 spiro atoms. The average Bonchev–Trinajstić information content (AvgIpc) is 3.63. The Morgan fingerprint density at radius 2 is 1.51 bits per heavy atom. The smallest absolute Gasteiger partial charge is 0.410 e. The van der Waals surface area contributed by atoms with Crippen LogP contribution < -0.4 is 5.32 Å². The van der Waals surface area contributed by atoms with Crippen LogP contribution in [0.15, 0.2) is 60.7 Å². The monoisotopic (exact) mass is 475 g/mol. The molecule has 2 heterocycles. The Morgan fingerprint density at radius 1 is 0.886 bits per heavy atom. The first-order chi connectivity index (χ1) is 17.2. The predicted molar refractivity (Wildman–Crippen MR) is 136 cm³/mol. The highest BCUT2D eigenvalue weighted by Gasteiger charge is 2.42. The van der Waals surface area contributed by atoms with E-state index in [0.29, 0.717) is 18.4 Å². The Labute approximate surface area is 208 Å². The summed E-state index contributed by atoms with van der Waals surface area (Å²) in [6.45, 7) is 4.84. The van der Waals surface area contributed by atoms with E-state index >= 15 is 0 Å². The van der Waals surface area contributed by atoms with E-state index in [-0.39, 0.29) is 24.0 Å². The Kier molecular flexibility index (Phi) is 7.67. The average molecular weight is 476 g/mol. The van der Waals surface area contributed by atoms with Crippen LogP contribution in [0.2, 0.25) is 0 Å². The third-order valence-electron chi connectivity index (χ3n) is 8.00. The summed E-state index contributed by atoms with van der Waals surface area (Å²) in [5.74, 6) is 1.41. The lowest BCUT2D eigenvalue weighted by atomic mass is 10.0. The SMILES string of the molecule is O=C(NC(CCN1CC2CN(C(=O)OCc3ccccc3)CC2C1)c1ccccc1)C1CCCC1. The molecule has 3 fully saturated rings. The number of amides is 2. The third kappa shape index (κ3) is 6.04. The van der Waals surface area contributed by atoms with E-state index in [0.717, 1.165) is 57.5 Å². The second-order valence-corrected chi connectivity index (χ2v) is 10.5. The van der Waals surface area contributed by atoms with Gasteiger partial charge in [0.1, 0.15) is 6.61 Å². The quantitative estimate of drug-likeness (QED) is 0.605. The Hall–Kier alpha value is -2.86. The molecular formula is C29H37N3O3. The topological polar surface area (TPSA) is 61.9 Å². The van der Waals surface area contributed by atoms with Crippen LogP contribution in [-0.2, 0) is 16.1 Å². The second kappa shape index (κ2) is 11.3. The van der Waals surface area contributed by atoms with Crippen molar-refractivity contribution in [3.05, 3.63) is 71.8 Å². The minimum absolute atomic E-state index is 0.0502. The number of carbonyl (C=O) groups is 2. The number of likely N-dealkylation sites (tertiary alicyclic amines) is 2. The van der Waals surface area contributed by atoms with Gasteiger partial charge in [0.25, 0.3) is 0 Å². The van der Waals surface area contributed by atoms with Gasteiger partial charge in [0.15, 0.2) is 0 Å². The molecule has 35 heavy (non-hydrogen) atoms. The summed E-state index contributed by atoms with van der Waals surface area (Å²) in [7, 11) is 0. The van der Waals surface area contributed by atoms with Gasteiger partial charge in [-0.25, -0.2) is 4.79 Å². The summed E-state index contributed by atoms with van der Waals surface area (Å²) in [6.07, 6.45) is 5.09. The summed E-state index contributed by atoms with van der Waals surface area (Å²) in [4.78, 5) is 29.8. The van der Waals surface area contributed by atoms with E-state index in [1.807, 2.05) is 41.3 Å². The number of nitrogens with zero attached hydrogens (tertiary/aromatic N) is 2. The van der Waals surface area contributed by atoms with Crippen LogP contribution >= 0.6 is 0 Å². The van der Waals surface area contributed by atoms with Crippen LogP contribution in [0.1, 0.15) is 49.3 Å². The van der Waals surface area contributed by atoms with E-state index in [2.05, 4.69) is 34.5 Å². The second-order valence-electron chi connectivity index (χ2n) is 10.5. The van der Waals surface area contributed by atoms with Gasteiger partial charge in [-0.2, -0.15) is 0 Å². The van der Waals surface area contributed by atoms with Crippen LogP contribution in [-0.4, -0.2) is 54.5 Å². The molecule has 6 nitrogen and oxygen atoms in total. The minimum Gasteiger partial charge on any atom is -0.445 e. The lowest BCUT2D eigenvalue weighted by molar-refractivity contribution is -0.125. The van der Waals surface area contributed by atoms with Crippen LogP contribution in [0.4, 0.5) is 4.79 Å². The number of fused-ring (bicyclic) bond motifs is 1. The molecule has 6 heteroatoms. The number of carbonyl (C=O) groups excluding carboxylic acids is 2. The van der Waals surface area contributed by atoms with Crippen molar-refractivity contribution in [2.24, 2.45) is 17.8 Å². The molecule has 0 radical (unpaired) electrons. The summed E-state index contributed by atoms with van der Waals surface area (Å²) >= 11 is 0. The number of hydrogen-bond donors (Lipinski definition) is 1. The van der Waals surface area contributed by atoms with E-state index in [9.17, 15) is 9.59 Å². The standard InChI is InChI=1S/C29H37N3O3/c33-28(24-13-7-8-14-24)30-27(23-11-5-2-6-12-23)15-16-31-17-25-19-32(20-26(25)18-31)29(34)35-21-22-9-3-1-4-10-22/h1-6,9-12,24-27H,7-8,13-21H2,(H,30,33). The first-order valence-electron chi connectivity index (χ1n) is 13.2. The van der Waals surface area contributed by atoms with Crippen molar-refractivity contribution in [3.63, 3.8) is 0 Å². The molecule has 2 aromatic carbocycles. The molecule has 5 rings (SSSR count). The molecular weight excluding hydrogens is 438 g/mol. The normalized spacial score (nSPS) is 23.3. The van der Waals surface area contributed by atoms with Crippen molar-refractivity contribution in [1.82, 2.24) is 15.1 Å². The molecule has 0 bridgehead atoms. The number of benzene rings is 2. The van der Waals surface area contributed by atoms with Gasteiger partial charge >= 0.3 is 6.09 Å². The highest BCUT2D eigenvalue weighted by Crippen LogP contribution is 2.32. The van der Waals surface area contributed by atoms with E-state index < -0.39 is 0 Å². The number of nitrogens with one attached hydrogen (secondary N) is 1. The molecule has 1 N–H and O–H groups in total. The summed E-state index contributed by atoms with van der Waals surface area (Å²) in [6, 6.07) is 20.3. The molecule has 3 unspecified atom stereocenters. The number of hydrogen-bond acceptors (Lipinski definition) is 4. The highest BCUT2D eigenvalue weighted by molar-refractivity contribution is 5.79. The first-order valence-corrected chi connectivity index (χ1v) is 13.2. The van der Waals surface area contributed by atoms with Gasteiger partial charge in [-0.15, -0.1) is 0 Å². The van der Waals surface area contributed by atoms with Gasteiger partial charge in [0.2, 0.25) is 5.91 Å². The fourth-order valence-corrected chi connectivity index (χ4v) is 6.03. The predicted octanol–water partition coefficient (Wildman–Crippen LogP) is 4.62. The molecule has 3 aliphatic rings. The fraction of sp³-hybridized carbons (Fsp3) is 0.517. The zero-order valence-corrected chi connectivity index (χ0v) is 20.5. The van der Waals surface area contributed by atoms with Crippen molar-refractivity contribution in [2.75, 3.05) is 32.7 Å². The van der Waals surface area contributed by atoms with Gasteiger partial charge in [-0.05, 0) is 42.2 Å². The molecule has 2 amide bonds. The molecule has 2 aliphatic heterocycles. The molecule has 2 saturated heterocycles. The number of rotatable bonds is 8. The fourth-order valence-electron chi connectivity index (χ4n) is 6.03. The lowest BCUT2D eigenvalue weighted by Gasteiger charge is -2.25. The first kappa shape index (κ1) is 23.9. The third-order valence-corrected chi connectivity index (χ3v) is 8.00. The molecule has 2 aromatic rings. The maximum absolute atomic E-state index is 12.9. The van der Waals surface area contributed by atoms with Crippen LogP contribution in [0.5, 0.6) is 0 Å². The Balaban J connectivity index is 1.10. The van der Waals surface area contributed by atoms with E-state index in [4.69, 9.17) is 4.74 Å². The van der Waals surface area contributed by atoms with E-state index in [1.54, 1.807) is 0 Å². The summed E-state index contributed by atoms with van der Waals surface area (Å²) < 4.78 is 5.54. The lowest BCUT2D eigenvalue weighted by Crippen LogP contribution is -2.36. The highest BCUT2D eigenvalue weighted by atomic mass is 16.6. The molecule has 1 saturated carbocycles. The Bertz CT molecular complexity index is 963.